The van der Waals surface area contributed by atoms with E-state index in [4.69, 9.17) is 5.10 Å². The summed E-state index contributed by atoms with van der Waals surface area (Å²) in [5.74, 6) is 5.26. The highest BCUT2D eigenvalue weighted by molar-refractivity contribution is 5.48. The van der Waals surface area contributed by atoms with Gasteiger partial charge in [-0.05, 0) is 31.0 Å². The van der Waals surface area contributed by atoms with E-state index in [9.17, 15) is 0 Å². The van der Waals surface area contributed by atoms with E-state index in [1.807, 2.05) is 22.8 Å². The van der Waals surface area contributed by atoms with Gasteiger partial charge in [0.05, 0.1) is 0 Å². The van der Waals surface area contributed by atoms with Crippen LogP contribution in [0.25, 0.3) is 5.65 Å². The molecule has 0 spiro atoms. The Balaban J connectivity index is 1.20. The molecule has 0 bridgehead atoms. The Kier molecular flexibility index (Phi) is 4.33. The minimum atomic E-state index is 0.337. The highest BCUT2D eigenvalue weighted by Crippen LogP contribution is 2.35. The molecule has 28 heavy (non-hydrogen) atoms. The predicted octanol–water partition coefficient (Wildman–Crippen LogP) is 2.85. The molecule has 0 atom stereocenters. The van der Waals surface area contributed by atoms with Crippen LogP contribution in [0.5, 0.6) is 0 Å². The lowest BCUT2D eigenvalue weighted by molar-refractivity contribution is 0.393. The summed E-state index contributed by atoms with van der Waals surface area (Å²) in [4.78, 5) is 11.2. The monoisotopic (exact) mass is 378 g/mol. The van der Waals surface area contributed by atoms with Crippen molar-refractivity contribution < 1.29 is 0 Å². The van der Waals surface area contributed by atoms with E-state index < -0.39 is 0 Å². The van der Waals surface area contributed by atoms with Crippen molar-refractivity contribution in [1.29, 1.82) is 0 Å². The Morgan fingerprint density at radius 3 is 2.75 bits per heavy atom. The predicted molar refractivity (Wildman–Crippen MR) is 108 cm³/mol. The fourth-order valence-electron chi connectivity index (χ4n) is 3.77. The van der Waals surface area contributed by atoms with Crippen LogP contribution in [0.4, 0.5) is 11.6 Å². The lowest BCUT2D eigenvalue weighted by atomic mass is 9.85. The lowest BCUT2D eigenvalue weighted by Crippen LogP contribution is -2.50. The summed E-state index contributed by atoms with van der Waals surface area (Å²) in [5, 5.41) is 16.9. The molecule has 5 rings (SSSR count). The van der Waals surface area contributed by atoms with Gasteiger partial charge in [0.25, 0.3) is 0 Å². The maximum absolute atomic E-state index is 4.82. The summed E-state index contributed by atoms with van der Waals surface area (Å²) in [7, 11) is 0. The van der Waals surface area contributed by atoms with Gasteiger partial charge in [0, 0.05) is 43.6 Å². The second kappa shape index (κ2) is 7.00. The third kappa shape index (κ3) is 3.16. The molecule has 1 N–H and O–H groups in total. The molecule has 1 aliphatic carbocycles. The minimum Gasteiger partial charge on any atom is -0.370 e. The van der Waals surface area contributed by atoms with Crippen LogP contribution in [0.1, 0.15) is 56.6 Å². The number of nitrogens with one attached hydrogen (secondary N) is 1. The number of nitrogens with zero attached hydrogens (tertiary/aromatic N) is 7. The third-order valence-electron chi connectivity index (χ3n) is 5.79. The molecule has 8 nitrogen and oxygen atoms in total. The van der Waals surface area contributed by atoms with Crippen molar-refractivity contribution in [3.8, 4) is 0 Å². The zero-order chi connectivity index (χ0) is 19.1. The zero-order valence-corrected chi connectivity index (χ0v) is 16.4. The molecule has 3 aromatic rings. The number of hydrogen-bond donors (Lipinski definition) is 1. The Morgan fingerprint density at radius 2 is 2.00 bits per heavy atom. The SMILES string of the molecule is CC(C)c1nccc(NCC2CN(c3ccc4nnc(C5CCC5)n4n3)C2)n1. The molecule has 8 heteroatoms. The quantitative estimate of drug-likeness (QED) is 0.706. The molecule has 1 saturated carbocycles. The van der Waals surface area contributed by atoms with Crippen LogP contribution in [-0.2, 0) is 0 Å². The normalized spacial score (nSPS) is 17.8. The van der Waals surface area contributed by atoms with E-state index in [1.54, 1.807) is 0 Å². The van der Waals surface area contributed by atoms with E-state index in [-0.39, 0.29) is 0 Å². The molecule has 1 saturated heterocycles. The Hall–Kier alpha value is -2.77. The number of hydrogen-bond acceptors (Lipinski definition) is 7. The second-order valence-corrected chi connectivity index (χ2v) is 8.25. The average molecular weight is 378 g/mol. The minimum absolute atomic E-state index is 0.337. The van der Waals surface area contributed by atoms with Crippen molar-refractivity contribution in [1.82, 2.24) is 29.8 Å². The molecular formula is C20H26N8. The van der Waals surface area contributed by atoms with Gasteiger partial charge >= 0.3 is 0 Å². The summed E-state index contributed by atoms with van der Waals surface area (Å²) in [6, 6.07) is 6.01. The van der Waals surface area contributed by atoms with Crippen LogP contribution >= 0.6 is 0 Å². The van der Waals surface area contributed by atoms with Gasteiger partial charge in [-0.15, -0.1) is 15.3 Å². The number of anilines is 2. The maximum Gasteiger partial charge on any atom is 0.178 e. The summed E-state index contributed by atoms with van der Waals surface area (Å²) < 4.78 is 1.94. The van der Waals surface area contributed by atoms with Gasteiger partial charge in [-0.1, -0.05) is 20.3 Å². The van der Waals surface area contributed by atoms with Crippen molar-refractivity contribution in [2.75, 3.05) is 29.9 Å². The third-order valence-corrected chi connectivity index (χ3v) is 5.79. The van der Waals surface area contributed by atoms with Crippen molar-refractivity contribution in [3.63, 3.8) is 0 Å². The van der Waals surface area contributed by atoms with Crippen molar-refractivity contribution in [2.45, 2.75) is 44.9 Å². The highest BCUT2D eigenvalue weighted by atomic mass is 15.4. The average Bonchev–Trinajstić information content (AvgIpc) is 3.02. The first-order valence-corrected chi connectivity index (χ1v) is 10.2. The molecule has 4 heterocycles. The van der Waals surface area contributed by atoms with E-state index in [1.165, 1.54) is 19.3 Å². The van der Waals surface area contributed by atoms with E-state index >= 15 is 0 Å². The van der Waals surface area contributed by atoms with Crippen LogP contribution in [0.3, 0.4) is 0 Å². The van der Waals surface area contributed by atoms with Gasteiger partial charge in [-0.25, -0.2) is 9.97 Å². The summed E-state index contributed by atoms with van der Waals surface area (Å²) >= 11 is 0. The first kappa shape index (κ1) is 17.3. The number of rotatable bonds is 6. The molecule has 146 valence electrons. The summed E-state index contributed by atoms with van der Waals surface area (Å²) in [5.41, 5.74) is 0.842. The van der Waals surface area contributed by atoms with Gasteiger partial charge in [-0.3, -0.25) is 0 Å². The zero-order valence-electron chi connectivity index (χ0n) is 16.4. The van der Waals surface area contributed by atoms with Crippen molar-refractivity contribution in [3.05, 3.63) is 36.0 Å². The van der Waals surface area contributed by atoms with E-state index in [0.717, 1.165) is 48.6 Å². The molecule has 0 unspecified atom stereocenters. The van der Waals surface area contributed by atoms with Crippen LogP contribution in [0, 0.1) is 5.92 Å². The van der Waals surface area contributed by atoms with Gasteiger partial charge in [0.15, 0.2) is 11.5 Å². The molecule has 2 fully saturated rings. The van der Waals surface area contributed by atoms with Gasteiger partial charge in [-0.2, -0.15) is 4.52 Å². The van der Waals surface area contributed by atoms with Gasteiger partial charge in [0.2, 0.25) is 0 Å². The summed E-state index contributed by atoms with van der Waals surface area (Å²) in [6.07, 6.45) is 5.51. The van der Waals surface area contributed by atoms with Crippen molar-refractivity contribution >= 4 is 17.3 Å². The number of aromatic nitrogens is 6. The standard InChI is InChI=1S/C20H26N8/c1-13(2)19-21-9-8-16(23-19)22-10-14-11-27(12-14)18-7-6-17-24-25-20(28(17)26-18)15-4-3-5-15/h6-9,13-15H,3-5,10-12H2,1-2H3,(H,21,22,23). The Bertz CT molecular complexity index is 971. The van der Waals surface area contributed by atoms with Crippen LogP contribution in [0.2, 0.25) is 0 Å². The molecular weight excluding hydrogens is 352 g/mol. The smallest absolute Gasteiger partial charge is 0.178 e. The van der Waals surface area contributed by atoms with Crippen molar-refractivity contribution in [2.24, 2.45) is 5.92 Å². The van der Waals surface area contributed by atoms with Crippen LogP contribution in [0.15, 0.2) is 24.4 Å². The Morgan fingerprint density at radius 1 is 1.14 bits per heavy atom. The Labute approximate surface area is 164 Å². The largest absolute Gasteiger partial charge is 0.370 e. The lowest BCUT2D eigenvalue weighted by Gasteiger charge is -2.40. The molecule has 0 aromatic carbocycles. The number of fused-ring (bicyclic) bond motifs is 1. The first-order valence-electron chi connectivity index (χ1n) is 10.2. The topological polar surface area (TPSA) is 84.1 Å². The van der Waals surface area contributed by atoms with Crippen LogP contribution < -0.4 is 10.2 Å². The molecule has 2 aliphatic rings. The highest BCUT2D eigenvalue weighted by Gasteiger charge is 2.29. The van der Waals surface area contributed by atoms with E-state index in [0.29, 0.717) is 17.8 Å². The maximum atomic E-state index is 4.82. The van der Waals surface area contributed by atoms with E-state index in [2.05, 4.69) is 50.3 Å². The molecule has 3 aromatic heterocycles. The molecule has 1 aliphatic heterocycles. The second-order valence-electron chi connectivity index (χ2n) is 8.25. The molecule has 0 radical (unpaired) electrons. The summed E-state index contributed by atoms with van der Waals surface area (Å²) in [6.45, 7) is 7.12. The molecule has 0 amide bonds. The fraction of sp³-hybridized carbons (Fsp3) is 0.550. The van der Waals surface area contributed by atoms with Gasteiger partial charge < -0.3 is 10.2 Å². The first-order chi connectivity index (χ1) is 13.7. The van der Waals surface area contributed by atoms with Gasteiger partial charge in [0.1, 0.15) is 17.5 Å². The van der Waals surface area contributed by atoms with Crippen LogP contribution in [-0.4, -0.2) is 49.4 Å². The fourth-order valence-corrected chi connectivity index (χ4v) is 3.77.